The minimum atomic E-state index is 0.514. The molecular weight excluding hydrogens is 256 g/mol. The van der Waals surface area contributed by atoms with Gasteiger partial charge in [-0.3, -0.25) is 4.79 Å². The molecule has 3 rings (SSSR count). The minimum Gasteiger partial charge on any atom is -0.298 e. The molecule has 0 amide bonds. The molecule has 0 heterocycles. The lowest BCUT2D eigenvalue weighted by Crippen LogP contribution is -2.09. The highest BCUT2D eigenvalue weighted by molar-refractivity contribution is 6.33. The zero-order valence-corrected chi connectivity index (χ0v) is 11.4. The van der Waals surface area contributed by atoms with Crippen molar-refractivity contribution in [1.82, 2.24) is 0 Å². The van der Waals surface area contributed by atoms with Crippen LogP contribution in [0.25, 0.3) is 11.1 Å². The van der Waals surface area contributed by atoms with E-state index in [0.717, 1.165) is 11.8 Å². The second-order valence-corrected chi connectivity index (χ2v) is 5.48. The van der Waals surface area contributed by atoms with Crippen molar-refractivity contribution >= 4 is 17.9 Å². The molecule has 1 aliphatic carbocycles. The number of carbonyl (C=O) groups excluding carboxylic acids is 1. The van der Waals surface area contributed by atoms with Crippen LogP contribution in [0.2, 0.25) is 5.02 Å². The summed E-state index contributed by atoms with van der Waals surface area (Å²) in [5.41, 5.74) is 4.26. The zero-order valence-electron chi connectivity index (χ0n) is 10.6. The van der Waals surface area contributed by atoms with Crippen LogP contribution in [0.3, 0.4) is 0 Å². The molecule has 1 saturated carbocycles. The van der Waals surface area contributed by atoms with Gasteiger partial charge >= 0.3 is 0 Å². The Morgan fingerprint density at radius 3 is 2.58 bits per heavy atom. The maximum atomic E-state index is 11.0. The molecule has 1 aliphatic rings. The number of carbonyl (C=O) groups is 1. The van der Waals surface area contributed by atoms with Crippen LogP contribution >= 0.6 is 11.6 Å². The minimum absolute atomic E-state index is 0.514. The van der Waals surface area contributed by atoms with E-state index >= 15 is 0 Å². The Morgan fingerprint density at radius 2 is 1.89 bits per heavy atom. The second-order valence-electron chi connectivity index (χ2n) is 5.07. The fourth-order valence-electron chi connectivity index (χ4n) is 2.64. The lowest BCUT2D eigenvalue weighted by Gasteiger charge is -2.28. The molecule has 0 unspecified atom stereocenters. The van der Waals surface area contributed by atoms with E-state index in [1.807, 2.05) is 18.2 Å². The number of benzene rings is 2. The first kappa shape index (κ1) is 12.4. The van der Waals surface area contributed by atoms with Gasteiger partial charge < -0.3 is 0 Å². The van der Waals surface area contributed by atoms with Crippen LogP contribution in [-0.4, -0.2) is 6.29 Å². The van der Waals surface area contributed by atoms with Gasteiger partial charge in [-0.15, -0.1) is 0 Å². The predicted molar refractivity (Wildman–Crippen MR) is 78.9 cm³/mol. The molecule has 96 valence electrons. The molecule has 0 atom stereocenters. The van der Waals surface area contributed by atoms with Gasteiger partial charge in [0.05, 0.1) is 5.02 Å². The first-order valence-corrected chi connectivity index (χ1v) is 7.01. The quantitative estimate of drug-likeness (QED) is 0.710. The average molecular weight is 271 g/mol. The number of halogens is 1. The summed E-state index contributed by atoms with van der Waals surface area (Å²) in [7, 11) is 0. The SMILES string of the molecule is O=Cc1cc(-c2ccccc2C2CCC2)ccc1Cl. The second kappa shape index (κ2) is 5.18. The van der Waals surface area contributed by atoms with Gasteiger partial charge in [-0.25, -0.2) is 0 Å². The van der Waals surface area contributed by atoms with Crippen LogP contribution in [0.4, 0.5) is 0 Å². The predicted octanol–water partition coefficient (Wildman–Crippen LogP) is 5.09. The van der Waals surface area contributed by atoms with Gasteiger partial charge in [0, 0.05) is 5.56 Å². The summed E-state index contributed by atoms with van der Waals surface area (Å²) in [5, 5.41) is 0.514. The van der Waals surface area contributed by atoms with Crippen LogP contribution in [0, 0.1) is 0 Å². The van der Waals surface area contributed by atoms with Gasteiger partial charge in [0.25, 0.3) is 0 Å². The van der Waals surface area contributed by atoms with E-state index in [-0.39, 0.29) is 0 Å². The molecule has 2 heteroatoms. The molecule has 0 aliphatic heterocycles. The van der Waals surface area contributed by atoms with Crippen molar-refractivity contribution < 1.29 is 4.79 Å². The summed E-state index contributed by atoms with van der Waals surface area (Å²) >= 11 is 5.99. The summed E-state index contributed by atoms with van der Waals surface area (Å²) in [6.07, 6.45) is 4.67. The Balaban J connectivity index is 2.08. The van der Waals surface area contributed by atoms with Crippen LogP contribution < -0.4 is 0 Å². The molecular formula is C17H15ClO. The fraction of sp³-hybridized carbons (Fsp3) is 0.235. The lowest BCUT2D eigenvalue weighted by molar-refractivity contribution is 0.112. The van der Waals surface area contributed by atoms with Crippen LogP contribution in [0.1, 0.15) is 41.1 Å². The van der Waals surface area contributed by atoms with Gasteiger partial charge in [0.15, 0.2) is 6.29 Å². The number of aldehydes is 1. The Morgan fingerprint density at radius 1 is 1.11 bits per heavy atom. The highest BCUT2D eigenvalue weighted by atomic mass is 35.5. The molecule has 0 bridgehead atoms. The topological polar surface area (TPSA) is 17.1 Å². The Labute approximate surface area is 118 Å². The molecule has 0 aromatic heterocycles. The van der Waals surface area contributed by atoms with Crippen molar-refractivity contribution in [3.8, 4) is 11.1 Å². The molecule has 1 nitrogen and oxygen atoms in total. The third-order valence-corrected chi connectivity index (χ3v) is 4.28. The van der Waals surface area contributed by atoms with Crippen molar-refractivity contribution in [3.63, 3.8) is 0 Å². The average Bonchev–Trinajstić information content (AvgIpc) is 2.38. The molecule has 0 spiro atoms. The fourth-order valence-corrected chi connectivity index (χ4v) is 2.80. The maximum absolute atomic E-state index is 11.0. The van der Waals surface area contributed by atoms with Gasteiger partial charge in [-0.05, 0) is 47.6 Å². The summed E-state index contributed by atoms with van der Waals surface area (Å²) in [6, 6.07) is 14.2. The molecule has 19 heavy (non-hydrogen) atoms. The molecule has 0 saturated heterocycles. The summed E-state index contributed by atoms with van der Waals surface area (Å²) in [5.74, 6) is 0.673. The van der Waals surface area contributed by atoms with Gasteiger partial charge in [0.1, 0.15) is 0 Å². The zero-order chi connectivity index (χ0) is 13.2. The van der Waals surface area contributed by atoms with E-state index in [0.29, 0.717) is 16.5 Å². The monoisotopic (exact) mass is 270 g/mol. The highest BCUT2D eigenvalue weighted by Crippen LogP contribution is 2.41. The molecule has 2 aromatic carbocycles. The third-order valence-electron chi connectivity index (χ3n) is 3.94. The van der Waals surface area contributed by atoms with E-state index in [1.54, 1.807) is 6.07 Å². The molecule has 0 N–H and O–H groups in total. The van der Waals surface area contributed by atoms with E-state index in [1.165, 1.54) is 30.4 Å². The maximum Gasteiger partial charge on any atom is 0.151 e. The number of hydrogen-bond acceptors (Lipinski definition) is 1. The first-order chi connectivity index (χ1) is 9.29. The Kier molecular flexibility index (Phi) is 3.39. The number of hydrogen-bond donors (Lipinski definition) is 0. The highest BCUT2D eigenvalue weighted by Gasteiger charge is 2.22. The molecule has 0 radical (unpaired) electrons. The molecule has 1 fully saturated rings. The van der Waals surface area contributed by atoms with Gasteiger partial charge in [0.2, 0.25) is 0 Å². The van der Waals surface area contributed by atoms with Crippen molar-refractivity contribution in [3.05, 3.63) is 58.6 Å². The van der Waals surface area contributed by atoms with Crippen LogP contribution in [0.15, 0.2) is 42.5 Å². The Hall–Kier alpha value is -1.60. The van der Waals surface area contributed by atoms with E-state index in [9.17, 15) is 4.79 Å². The van der Waals surface area contributed by atoms with Crippen molar-refractivity contribution in [2.75, 3.05) is 0 Å². The van der Waals surface area contributed by atoms with Crippen LogP contribution in [-0.2, 0) is 0 Å². The summed E-state index contributed by atoms with van der Waals surface area (Å²) in [4.78, 5) is 11.0. The van der Waals surface area contributed by atoms with Crippen molar-refractivity contribution in [2.45, 2.75) is 25.2 Å². The van der Waals surface area contributed by atoms with Crippen LogP contribution in [0.5, 0.6) is 0 Å². The summed E-state index contributed by atoms with van der Waals surface area (Å²) < 4.78 is 0. The van der Waals surface area contributed by atoms with Gasteiger partial charge in [-0.2, -0.15) is 0 Å². The largest absolute Gasteiger partial charge is 0.298 e. The van der Waals surface area contributed by atoms with E-state index < -0.39 is 0 Å². The Bertz CT molecular complexity index is 614. The van der Waals surface area contributed by atoms with Gasteiger partial charge in [-0.1, -0.05) is 48.4 Å². The smallest absolute Gasteiger partial charge is 0.151 e. The normalized spacial score (nSPS) is 15.0. The van der Waals surface area contributed by atoms with Crippen molar-refractivity contribution in [1.29, 1.82) is 0 Å². The van der Waals surface area contributed by atoms with Crippen molar-refractivity contribution in [2.24, 2.45) is 0 Å². The summed E-state index contributed by atoms with van der Waals surface area (Å²) in [6.45, 7) is 0. The number of rotatable bonds is 3. The lowest BCUT2D eigenvalue weighted by atomic mass is 9.77. The third kappa shape index (κ3) is 2.31. The standard InChI is InChI=1S/C17H15ClO/c18-17-9-8-13(10-14(17)11-19)16-7-2-1-6-15(16)12-4-3-5-12/h1-2,6-12H,3-5H2. The van der Waals surface area contributed by atoms with E-state index in [4.69, 9.17) is 11.6 Å². The molecule has 2 aromatic rings. The van der Waals surface area contributed by atoms with E-state index in [2.05, 4.69) is 18.2 Å². The first-order valence-electron chi connectivity index (χ1n) is 6.63.